The number of carbonyl (C=O) groups is 1. The van der Waals surface area contributed by atoms with Crippen molar-refractivity contribution in [1.82, 2.24) is 0 Å². The predicted molar refractivity (Wildman–Crippen MR) is 78.2 cm³/mol. The van der Waals surface area contributed by atoms with Crippen molar-refractivity contribution in [2.24, 2.45) is 0 Å². The molecule has 0 unspecified atom stereocenters. The van der Waals surface area contributed by atoms with E-state index in [0.29, 0.717) is 6.54 Å². The van der Waals surface area contributed by atoms with Crippen LogP contribution in [-0.2, 0) is 16.3 Å². The molecule has 0 bridgehead atoms. The fourth-order valence-electron chi connectivity index (χ4n) is 2.31. The van der Waals surface area contributed by atoms with Gasteiger partial charge < -0.3 is 10.0 Å². The van der Waals surface area contributed by atoms with Crippen molar-refractivity contribution in [3.63, 3.8) is 0 Å². The van der Waals surface area contributed by atoms with E-state index < -0.39 is 15.8 Å². The van der Waals surface area contributed by atoms with Crippen molar-refractivity contribution in [3.8, 4) is 0 Å². The summed E-state index contributed by atoms with van der Waals surface area (Å²) in [5.74, 6) is -0.807. The summed E-state index contributed by atoms with van der Waals surface area (Å²) >= 11 is 0. The molecule has 2 rings (SSSR count). The number of hydrogen-bond acceptors (Lipinski definition) is 4. The number of hydrogen-bond donors (Lipinski definition) is 1. The van der Waals surface area contributed by atoms with Gasteiger partial charge in [0.15, 0.2) is 9.84 Å². The minimum atomic E-state index is -3.05. The molecule has 0 radical (unpaired) electrons. The molecule has 1 aromatic carbocycles. The molecular formula is C14H19NO4S. The first-order valence-electron chi connectivity index (χ1n) is 6.64. The lowest BCUT2D eigenvalue weighted by Crippen LogP contribution is -2.30. The molecule has 20 heavy (non-hydrogen) atoms. The van der Waals surface area contributed by atoms with Crippen LogP contribution < -0.4 is 4.90 Å². The zero-order valence-corrected chi connectivity index (χ0v) is 12.5. The molecule has 1 N–H and O–H groups in total. The molecule has 1 aromatic rings. The maximum atomic E-state index is 11.8. The third-order valence-corrected chi connectivity index (χ3v) is 5.87. The first kappa shape index (κ1) is 14.8. The maximum absolute atomic E-state index is 11.8. The van der Waals surface area contributed by atoms with Crippen LogP contribution in [0, 0.1) is 0 Å². The van der Waals surface area contributed by atoms with Gasteiger partial charge in [-0.25, -0.2) is 13.2 Å². The number of benzene rings is 1. The van der Waals surface area contributed by atoms with Crippen LogP contribution in [-0.4, -0.2) is 43.6 Å². The highest BCUT2D eigenvalue weighted by atomic mass is 32.2. The maximum Gasteiger partial charge on any atom is 0.335 e. The Morgan fingerprint density at radius 2 is 2.10 bits per heavy atom. The van der Waals surface area contributed by atoms with Gasteiger partial charge in [0.2, 0.25) is 0 Å². The lowest BCUT2D eigenvalue weighted by atomic mass is 10.1. The molecule has 0 fully saturated rings. The number of fused-ring (bicyclic) bond motifs is 1. The molecule has 0 saturated carbocycles. The Bertz CT molecular complexity index is 622. The molecule has 1 aliphatic heterocycles. The van der Waals surface area contributed by atoms with Gasteiger partial charge in [-0.3, -0.25) is 0 Å². The van der Waals surface area contributed by atoms with Crippen LogP contribution in [0.1, 0.15) is 29.8 Å². The topological polar surface area (TPSA) is 74.7 Å². The molecule has 0 aromatic heterocycles. The fourth-order valence-corrected chi connectivity index (χ4v) is 3.25. The zero-order chi connectivity index (χ0) is 14.9. The molecule has 110 valence electrons. The second-order valence-electron chi connectivity index (χ2n) is 5.30. The smallest absolute Gasteiger partial charge is 0.335 e. The number of rotatable bonds is 5. The van der Waals surface area contributed by atoms with Gasteiger partial charge in [-0.15, -0.1) is 0 Å². The Hall–Kier alpha value is -1.56. The molecule has 0 amide bonds. The lowest BCUT2D eigenvalue weighted by Gasteiger charge is -2.20. The highest BCUT2D eigenvalue weighted by Crippen LogP contribution is 2.28. The number of aromatic carboxylic acids is 1. The number of carboxylic acid groups (broad SMARTS) is 1. The van der Waals surface area contributed by atoms with Gasteiger partial charge in [0.05, 0.1) is 16.6 Å². The van der Waals surface area contributed by atoms with Crippen molar-refractivity contribution in [2.75, 3.05) is 23.7 Å². The van der Waals surface area contributed by atoms with Crippen LogP contribution in [0.2, 0.25) is 0 Å². The van der Waals surface area contributed by atoms with E-state index in [1.54, 1.807) is 32.0 Å². The Morgan fingerprint density at radius 3 is 2.70 bits per heavy atom. The van der Waals surface area contributed by atoms with Gasteiger partial charge >= 0.3 is 5.97 Å². The largest absolute Gasteiger partial charge is 0.478 e. The SMILES string of the molecule is CC(C)S(=O)(=O)CCN1CCc2cc(C(=O)O)ccc21. The summed E-state index contributed by atoms with van der Waals surface area (Å²) in [4.78, 5) is 12.9. The summed E-state index contributed by atoms with van der Waals surface area (Å²) in [5.41, 5.74) is 2.21. The molecule has 5 nitrogen and oxygen atoms in total. The number of carboxylic acids is 1. The Morgan fingerprint density at radius 1 is 1.40 bits per heavy atom. The minimum Gasteiger partial charge on any atom is -0.478 e. The first-order chi connectivity index (χ1) is 9.31. The molecule has 0 atom stereocenters. The monoisotopic (exact) mass is 297 g/mol. The average molecular weight is 297 g/mol. The summed E-state index contributed by atoms with van der Waals surface area (Å²) < 4.78 is 23.7. The van der Waals surface area contributed by atoms with Crippen molar-refractivity contribution in [3.05, 3.63) is 29.3 Å². The lowest BCUT2D eigenvalue weighted by molar-refractivity contribution is 0.0697. The van der Waals surface area contributed by atoms with E-state index in [4.69, 9.17) is 5.11 Å². The van der Waals surface area contributed by atoms with E-state index >= 15 is 0 Å². The van der Waals surface area contributed by atoms with Crippen molar-refractivity contribution in [1.29, 1.82) is 0 Å². The molecule has 0 spiro atoms. The highest BCUT2D eigenvalue weighted by molar-refractivity contribution is 7.92. The second-order valence-corrected chi connectivity index (χ2v) is 7.98. The van der Waals surface area contributed by atoms with Crippen molar-refractivity contribution >= 4 is 21.5 Å². The third-order valence-electron chi connectivity index (χ3n) is 3.68. The Labute approximate surface area is 119 Å². The zero-order valence-electron chi connectivity index (χ0n) is 11.7. The molecular weight excluding hydrogens is 278 g/mol. The van der Waals surface area contributed by atoms with E-state index in [-0.39, 0.29) is 16.6 Å². The number of anilines is 1. The molecule has 0 saturated heterocycles. The number of sulfone groups is 1. The van der Waals surface area contributed by atoms with Gasteiger partial charge in [-0.05, 0) is 44.0 Å². The summed E-state index contributed by atoms with van der Waals surface area (Å²) in [7, 11) is -3.05. The van der Waals surface area contributed by atoms with E-state index in [1.807, 2.05) is 4.90 Å². The van der Waals surface area contributed by atoms with E-state index in [2.05, 4.69) is 0 Å². The summed E-state index contributed by atoms with van der Waals surface area (Å²) in [6.45, 7) is 4.57. The fraction of sp³-hybridized carbons (Fsp3) is 0.500. The molecule has 1 heterocycles. The quantitative estimate of drug-likeness (QED) is 0.893. The van der Waals surface area contributed by atoms with Crippen molar-refractivity contribution < 1.29 is 18.3 Å². The molecule has 1 aliphatic rings. The average Bonchev–Trinajstić information content (AvgIpc) is 2.78. The van der Waals surface area contributed by atoms with E-state index in [9.17, 15) is 13.2 Å². The van der Waals surface area contributed by atoms with Crippen LogP contribution >= 0.6 is 0 Å². The third kappa shape index (κ3) is 2.95. The van der Waals surface area contributed by atoms with Gasteiger partial charge in [0.25, 0.3) is 0 Å². The minimum absolute atomic E-state index is 0.130. The van der Waals surface area contributed by atoms with Crippen molar-refractivity contribution in [2.45, 2.75) is 25.5 Å². The van der Waals surface area contributed by atoms with Gasteiger partial charge in [-0.1, -0.05) is 0 Å². The van der Waals surface area contributed by atoms with Crippen LogP contribution in [0.5, 0.6) is 0 Å². The van der Waals surface area contributed by atoms with E-state index in [1.165, 1.54) is 0 Å². The number of nitrogens with zero attached hydrogens (tertiary/aromatic N) is 1. The molecule has 6 heteroatoms. The van der Waals surface area contributed by atoms with Gasteiger partial charge in [-0.2, -0.15) is 0 Å². The standard InChI is InChI=1S/C14H19NO4S/c1-10(2)20(18,19)8-7-15-6-5-11-9-12(14(16)17)3-4-13(11)15/h3-4,9-10H,5-8H2,1-2H3,(H,16,17). The first-order valence-corrected chi connectivity index (χ1v) is 8.35. The normalized spacial score (nSPS) is 14.7. The van der Waals surface area contributed by atoms with Crippen LogP contribution in [0.3, 0.4) is 0 Å². The predicted octanol–water partition coefficient (Wildman–Crippen LogP) is 1.57. The summed E-state index contributed by atoms with van der Waals surface area (Å²) in [5, 5.41) is 8.60. The summed E-state index contributed by atoms with van der Waals surface area (Å²) in [6, 6.07) is 5.01. The van der Waals surface area contributed by atoms with Crippen LogP contribution in [0.4, 0.5) is 5.69 Å². The van der Waals surface area contributed by atoms with Gasteiger partial charge in [0.1, 0.15) is 0 Å². The summed E-state index contributed by atoms with van der Waals surface area (Å²) in [6.07, 6.45) is 0.762. The Kier molecular flexibility index (Phi) is 4.04. The van der Waals surface area contributed by atoms with Gasteiger partial charge in [0, 0.05) is 18.8 Å². The second kappa shape index (κ2) is 5.44. The Balaban J connectivity index is 2.11. The highest BCUT2D eigenvalue weighted by Gasteiger charge is 2.23. The van der Waals surface area contributed by atoms with E-state index in [0.717, 1.165) is 24.2 Å². The molecule has 0 aliphatic carbocycles. The van der Waals surface area contributed by atoms with Crippen LogP contribution in [0.15, 0.2) is 18.2 Å². The van der Waals surface area contributed by atoms with Crippen LogP contribution in [0.25, 0.3) is 0 Å².